The van der Waals surface area contributed by atoms with Crippen molar-refractivity contribution in [1.29, 1.82) is 0 Å². The number of hydrogen-bond donors (Lipinski definition) is 3. The number of benzene rings is 2. The number of alkyl carbamates (subject to hydrolysis) is 1. The average Bonchev–Trinajstić information content (AvgIpc) is 3.37. The smallest absolute Gasteiger partial charge is 0.407 e. The van der Waals surface area contributed by atoms with Gasteiger partial charge in [-0.3, -0.25) is 9.59 Å². The third-order valence-corrected chi connectivity index (χ3v) is 6.64. The zero-order valence-corrected chi connectivity index (χ0v) is 20.4. The standard InChI is InChI=1S/C26H27N3O5S/c1-26(2,12-24(31)32)29-22(30)11-16-15-35-23(28-16)13-27-25(33)34-14-21-19-9-5-3-7-17(19)18-8-4-6-10-20(18)21/h3-10,15,21H,11-14H2,1-2H3,(H,27,33)(H,29,30)(H,31,32). The van der Waals surface area contributed by atoms with Crippen LogP contribution in [0.3, 0.4) is 0 Å². The second-order valence-corrected chi connectivity index (χ2v) is 10.0. The van der Waals surface area contributed by atoms with E-state index in [0.29, 0.717) is 10.7 Å². The molecule has 2 amide bonds. The van der Waals surface area contributed by atoms with Crippen molar-refractivity contribution in [2.24, 2.45) is 0 Å². The van der Waals surface area contributed by atoms with E-state index >= 15 is 0 Å². The predicted octanol–water partition coefficient (Wildman–Crippen LogP) is 4.09. The van der Waals surface area contributed by atoms with Crippen LogP contribution in [0.4, 0.5) is 4.79 Å². The van der Waals surface area contributed by atoms with Gasteiger partial charge in [0.2, 0.25) is 5.91 Å². The summed E-state index contributed by atoms with van der Waals surface area (Å²) in [5.41, 5.74) is 4.34. The van der Waals surface area contributed by atoms with E-state index in [1.165, 1.54) is 22.5 Å². The molecule has 2 aromatic carbocycles. The Bertz CT molecular complexity index is 1210. The predicted molar refractivity (Wildman–Crippen MR) is 132 cm³/mol. The maximum Gasteiger partial charge on any atom is 0.407 e. The van der Waals surface area contributed by atoms with Crippen molar-refractivity contribution < 1.29 is 24.2 Å². The lowest BCUT2D eigenvalue weighted by molar-refractivity contribution is -0.138. The summed E-state index contributed by atoms with van der Waals surface area (Å²) in [7, 11) is 0. The van der Waals surface area contributed by atoms with Crippen LogP contribution in [0.5, 0.6) is 0 Å². The van der Waals surface area contributed by atoms with E-state index in [-0.39, 0.29) is 37.8 Å². The van der Waals surface area contributed by atoms with Crippen molar-refractivity contribution in [2.45, 2.75) is 44.7 Å². The van der Waals surface area contributed by atoms with Crippen LogP contribution in [0.15, 0.2) is 53.9 Å². The van der Waals surface area contributed by atoms with Crippen molar-refractivity contribution in [1.82, 2.24) is 15.6 Å². The Morgan fingerprint density at radius 3 is 2.31 bits per heavy atom. The number of carboxylic acid groups (broad SMARTS) is 1. The lowest BCUT2D eigenvalue weighted by Crippen LogP contribution is -2.45. The fourth-order valence-corrected chi connectivity index (χ4v) is 5.05. The van der Waals surface area contributed by atoms with Crippen LogP contribution in [0, 0.1) is 0 Å². The Morgan fingerprint density at radius 1 is 1.06 bits per heavy atom. The van der Waals surface area contributed by atoms with Gasteiger partial charge in [0.15, 0.2) is 0 Å². The number of carbonyl (C=O) groups excluding carboxylic acids is 2. The fraction of sp³-hybridized carbons (Fsp3) is 0.308. The first-order valence-corrected chi connectivity index (χ1v) is 12.1. The summed E-state index contributed by atoms with van der Waals surface area (Å²) in [4.78, 5) is 39.9. The molecule has 1 aliphatic rings. The van der Waals surface area contributed by atoms with Crippen LogP contribution >= 0.6 is 11.3 Å². The van der Waals surface area contributed by atoms with Gasteiger partial charge in [-0.25, -0.2) is 9.78 Å². The Balaban J connectivity index is 1.27. The van der Waals surface area contributed by atoms with Gasteiger partial charge in [0.05, 0.1) is 25.1 Å². The minimum Gasteiger partial charge on any atom is -0.481 e. The Morgan fingerprint density at radius 2 is 1.69 bits per heavy atom. The van der Waals surface area contributed by atoms with Gasteiger partial charge in [-0.15, -0.1) is 11.3 Å². The van der Waals surface area contributed by atoms with E-state index < -0.39 is 17.6 Å². The number of ether oxygens (including phenoxy) is 1. The molecule has 0 saturated carbocycles. The topological polar surface area (TPSA) is 118 Å². The molecule has 1 aromatic heterocycles. The van der Waals surface area contributed by atoms with Gasteiger partial charge in [-0.2, -0.15) is 0 Å². The Kier molecular flexibility index (Phi) is 7.16. The maximum atomic E-state index is 12.4. The molecule has 0 unspecified atom stereocenters. The van der Waals surface area contributed by atoms with Crippen LogP contribution < -0.4 is 10.6 Å². The monoisotopic (exact) mass is 493 g/mol. The molecule has 0 aliphatic heterocycles. The van der Waals surface area contributed by atoms with E-state index in [1.807, 2.05) is 24.3 Å². The summed E-state index contributed by atoms with van der Waals surface area (Å²) in [5.74, 6) is -1.30. The first kappa shape index (κ1) is 24.4. The number of carbonyl (C=O) groups is 3. The molecule has 1 heterocycles. The van der Waals surface area contributed by atoms with Crippen molar-refractivity contribution >= 4 is 29.3 Å². The number of thiazole rings is 1. The zero-order valence-electron chi connectivity index (χ0n) is 19.5. The SMILES string of the molecule is CC(C)(CC(=O)O)NC(=O)Cc1csc(CNC(=O)OCC2c3ccccc3-c3ccccc32)n1. The second-order valence-electron chi connectivity index (χ2n) is 9.09. The van der Waals surface area contributed by atoms with Gasteiger partial charge in [0.1, 0.15) is 11.6 Å². The molecule has 4 rings (SSSR count). The Labute approximate surface area is 207 Å². The molecule has 0 spiro atoms. The number of aromatic nitrogens is 1. The van der Waals surface area contributed by atoms with Gasteiger partial charge in [0, 0.05) is 16.8 Å². The van der Waals surface area contributed by atoms with Crippen molar-refractivity contribution in [3.05, 3.63) is 75.7 Å². The zero-order chi connectivity index (χ0) is 25.0. The van der Waals surface area contributed by atoms with E-state index in [0.717, 1.165) is 11.1 Å². The van der Waals surface area contributed by atoms with Crippen molar-refractivity contribution in [2.75, 3.05) is 6.61 Å². The van der Waals surface area contributed by atoms with Gasteiger partial charge in [-0.05, 0) is 36.1 Å². The molecule has 1 aliphatic carbocycles. The second kappa shape index (κ2) is 10.3. The number of aliphatic carboxylic acids is 1. The third kappa shape index (κ3) is 6.05. The number of nitrogens with one attached hydrogen (secondary N) is 2. The molecule has 3 aromatic rings. The third-order valence-electron chi connectivity index (χ3n) is 5.74. The summed E-state index contributed by atoms with van der Waals surface area (Å²) in [6, 6.07) is 16.3. The van der Waals surface area contributed by atoms with Gasteiger partial charge in [0.25, 0.3) is 0 Å². The first-order chi connectivity index (χ1) is 16.7. The van der Waals surface area contributed by atoms with Crippen LogP contribution in [-0.4, -0.2) is 40.2 Å². The highest BCUT2D eigenvalue weighted by molar-refractivity contribution is 7.09. The molecule has 3 N–H and O–H groups in total. The van der Waals surface area contributed by atoms with Gasteiger partial charge >= 0.3 is 12.1 Å². The van der Waals surface area contributed by atoms with Gasteiger partial charge < -0.3 is 20.5 Å². The Hall–Kier alpha value is -3.72. The molecule has 8 nitrogen and oxygen atoms in total. The lowest BCUT2D eigenvalue weighted by atomic mass is 9.98. The molecular formula is C26H27N3O5S. The van der Waals surface area contributed by atoms with Crippen LogP contribution in [0.25, 0.3) is 11.1 Å². The lowest BCUT2D eigenvalue weighted by Gasteiger charge is -2.24. The van der Waals surface area contributed by atoms with E-state index in [2.05, 4.69) is 39.9 Å². The molecular weight excluding hydrogens is 466 g/mol. The van der Waals surface area contributed by atoms with Gasteiger partial charge in [-0.1, -0.05) is 48.5 Å². The van der Waals surface area contributed by atoms with Crippen molar-refractivity contribution in [3.63, 3.8) is 0 Å². The molecule has 0 bridgehead atoms. The summed E-state index contributed by atoms with van der Waals surface area (Å²) in [6.07, 6.45) is -0.674. The number of fused-ring (bicyclic) bond motifs is 3. The van der Waals surface area contributed by atoms with E-state index in [9.17, 15) is 14.4 Å². The summed E-state index contributed by atoms with van der Waals surface area (Å²) in [6.45, 7) is 3.73. The molecule has 0 fully saturated rings. The number of amides is 2. The quantitative estimate of drug-likeness (QED) is 0.413. The largest absolute Gasteiger partial charge is 0.481 e. The minimum atomic E-state index is -0.981. The summed E-state index contributed by atoms with van der Waals surface area (Å²) in [5, 5.41) is 16.8. The van der Waals surface area contributed by atoms with Crippen LogP contribution in [0.1, 0.15) is 48.0 Å². The normalized spacial score (nSPS) is 12.5. The highest BCUT2D eigenvalue weighted by atomic mass is 32.1. The minimum absolute atomic E-state index is 0.0106. The molecule has 9 heteroatoms. The van der Waals surface area contributed by atoms with Crippen LogP contribution in [-0.2, 0) is 27.3 Å². The first-order valence-electron chi connectivity index (χ1n) is 11.3. The summed E-state index contributed by atoms with van der Waals surface area (Å²) < 4.78 is 5.53. The highest BCUT2D eigenvalue weighted by Crippen LogP contribution is 2.44. The molecule has 0 atom stereocenters. The summed E-state index contributed by atoms with van der Waals surface area (Å²) >= 11 is 1.33. The number of hydrogen-bond acceptors (Lipinski definition) is 6. The maximum absolute atomic E-state index is 12.4. The molecule has 0 saturated heterocycles. The molecule has 0 radical (unpaired) electrons. The van der Waals surface area contributed by atoms with Crippen molar-refractivity contribution in [3.8, 4) is 11.1 Å². The highest BCUT2D eigenvalue weighted by Gasteiger charge is 2.29. The van der Waals surface area contributed by atoms with E-state index in [1.54, 1.807) is 19.2 Å². The van der Waals surface area contributed by atoms with E-state index in [4.69, 9.17) is 9.84 Å². The molecule has 35 heavy (non-hydrogen) atoms. The fourth-order valence-electron chi connectivity index (χ4n) is 4.32. The number of carboxylic acids is 1. The number of rotatable bonds is 9. The average molecular weight is 494 g/mol. The molecule has 182 valence electrons. The number of nitrogens with zero attached hydrogens (tertiary/aromatic N) is 1. The van der Waals surface area contributed by atoms with Crippen LogP contribution in [0.2, 0.25) is 0 Å².